The fourth-order valence-corrected chi connectivity index (χ4v) is 4.01. The molecule has 1 N–H and O–H groups in total. The van der Waals surface area contributed by atoms with Gasteiger partial charge in [0.15, 0.2) is 0 Å². The summed E-state index contributed by atoms with van der Waals surface area (Å²) in [7, 11) is 0. The third kappa shape index (κ3) is 3.75. The molecule has 0 saturated carbocycles. The minimum Gasteiger partial charge on any atom is -0.351 e. The predicted molar refractivity (Wildman–Crippen MR) is 108 cm³/mol. The number of nitrogens with zero attached hydrogens (tertiary/aromatic N) is 3. The highest BCUT2D eigenvalue weighted by Gasteiger charge is 2.15. The summed E-state index contributed by atoms with van der Waals surface area (Å²) in [5.41, 5.74) is 2.90. The minimum atomic E-state index is -0.0554. The second-order valence-corrected chi connectivity index (χ2v) is 7.33. The number of fused-ring (bicyclic) bond motifs is 1. The van der Waals surface area contributed by atoms with Gasteiger partial charge in [0, 0.05) is 24.7 Å². The molecule has 27 heavy (non-hydrogen) atoms. The Morgan fingerprint density at radius 3 is 2.81 bits per heavy atom. The molecule has 3 heterocycles. The van der Waals surface area contributed by atoms with Gasteiger partial charge in [-0.2, -0.15) is 0 Å². The molecule has 136 valence electrons. The van der Waals surface area contributed by atoms with E-state index in [1.54, 1.807) is 0 Å². The van der Waals surface area contributed by atoms with Crippen LogP contribution in [0.3, 0.4) is 0 Å². The second kappa shape index (κ2) is 7.72. The number of nitrogens with one attached hydrogen (secondary N) is 1. The van der Waals surface area contributed by atoms with Gasteiger partial charge < -0.3 is 9.72 Å². The Bertz CT molecular complexity index is 1070. The highest BCUT2D eigenvalue weighted by Crippen LogP contribution is 2.27. The highest BCUT2D eigenvalue weighted by molar-refractivity contribution is 7.17. The minimum absolute atomic E-state index is 0.0554. The molecule has 0 fully saturated rings. The van der Waals surface area contributed by atoms with Gasteiger partial charge in [-0.05, 0) is 25.5 Å². The lowest BCUT2D eigenvalue weighted by atomic mass is 10.2. The van der Waals surface area contributed by atoms with Crippen molar-refractivity contribution in [3.63, 3.8) is 0 Å². The van der Waals surface area contributed by atoms with Crippen molar-refractivity contribution in [2.45, 2.75) is 19.8 Å². The van der Waals surface area contributed by atoms with Crippen LogP contribution in [0.1, 0.15) is 27.6 Å². The van der Waals surface area contributed by atoms with Crippen LogP contribution in [0.15, 0.2) is 60.9 Å². The molecule has 0 aliphatic heterocycles. The van der Waals surface area contributed by atoms with Gasteiger partial charge in [0.25, 0.3) is 5.91 Å². The summed E-state index contributed by atoms with van der Waals surface area (Å²) in [6.45, 7) is 2.49. The molecule has 0 unspecified atom stereocenters. The predicted octanol–water partition coefficient (Wildman–Crippen LogP) is 4.13. The average molecular weight is 376 g/mol. The van der Waals surface area contributed by atoms with Crippen LogP contribution in [0.25, 0.3) is 16.1 Å². The average Bonchev–Trinajstić information content (AvgIpc) is 3.29. The largest absolute Gasteiger partial charge is 0.351 e. The Hall–Kier alpha value is -2.99. The molecular weight excluding hydrogens is 356 g/mol. The zero-order valence-electron chi connectivity index (χ0n) is 15.1. The van der Waals surface area contributed by atoms with Crippen molar-refractivity contribution in [1.82, 2.24) is 19.7 Å². The van der Waals surface area contributed by atoms with Crippen LogP contribution < -0.4 is 5.32 Å². The number of aromatic nitrogens is 3. The Kier molecular flexibility index (Phi) is 4.98. The quantitative estimate of drug-likeness (QED) is 0.515. The summed E-state index contributed by atoms with van der Waals surface area (Å²) in [5, 5.41) is 3.89. The Morgan fingerprint density at radius 2 is 1.96 bits per heavy atom. The van der Waals surface area contributed by atoms with Crippen LogP contribution >= 0.6 is 11.3 Å². The summed E-state index contributed by atoms with van der Waals surface area (Å²) in [6.07, 6.45) is 5.54. The molecular formula is C21H20N4OS. The number of rotatable bonds is 6. The normalized spacial score (nSPS) is 11.0. The van der Waals surface area contributed by atoms with Gasteiger partial charge in [-0.1, -0.05) is 36.4 Å². The molecule has 0 bridgehead atoms. The van der Waals surface area contributed by atoms with Gasteiger partial charge in [0.1, 0.15) is 15.7 Å². The fraction of sp³-hybridized carbons (Fsp3) is 0.190. The number of carbonyl (C=O) groups excluding carboxylic acids is 1. The van der Waals surface area contributed by atoms with E-state index in [2.05, 4.69) is 19.7 Å². The van der Waals surface area contributed by atoms with E-state index >= 15 is 0 Å². The number of hydrogen-bond acceptors (Lipinski definition) is 4. The number of benzene rings is 1. The van der Waals surface area contributed by atoms with Crippen molar-refractivity contribution in [1.29, 1.82) is 0 Å². The zero-order valence-corrected chi connectivity index (χ0v) is 15.9. The van der Waals surface area contributed by atoms with Crippen LogP contribution in [-0.2, 0) is 6.42 Å². The van der Waals surface area contributed by atoms with E-state index in [0.29, 0.717) is 11.4 Å². The first kappa shape index (κ1) is 17.4. The van der Waals surface area contributed by atoms with Crippen LogP contribution in [0.4, 0.5) is 0 Å². The maximum absolute atomic E-state index is 12.5. The maximum Gasteiger partial charge on any atom is 0.263 e. The third-order valence-corrected chi connectivity index (χ3v) is 5.61. The lowest BCUT2D eigenvalue weighted by Gasteiger charge is -2.04. The van der Waals surface area contributed by atoms with E-state index in [0.717, 1.165) is 40.4 Å². The van der Waals surface area contributed by atoms with Gasteiger partial charge in [0.05, 0.1) is 17.4 Å². The van der Waals surface area contributed by atoms with E-state index in [9.17, 15) is 4.79 Å². The van der Waals surface area contributed by atoms with E-state index in [4.69, 9.17) is 0 Å². The van der Waals surface area contributed by atoms with Crippen LogP contribution in [0, 0.1) is 6.92 Å². The smallest absolute Gasteiger partial charge is 0.263 e. The number of hydrogen-bond donors (Lipinski definition) is 1. The van der Waals surface area contributed by atoms with Gasteiger partial charge in [0.2, 0.25) is 0 Å². The number of imidazole rings is 1. The monoisotopic (exact) mass is 376 g/mol. The van der Waals surface area contributed by atoms with Gasteiger partial charge >= 0.3 is 0 Å². The number of aryl methyl sites for hydroxylation is 2. The van der Waals surface area contributed by atoms with Crippen molar-refractivity contribution >= 4 is 22.8 Å². The summed E-state index contributed by atoms with van der Waals surface area (Å²) >= 11 is 1.44. The topological polar surface area (TPSA) is 59.3 Å². The molecule has 3 aromatic heterocycles. The molecule has 0 radical (unpaired) electrons. The standard InChI is InChI=1S/C21H20N4OS/c1-15-19(27-21(24-15)16-8-3-2-4-9-16)20(26)22-12-7-11-18-23-14-17-10-5-6-13-25(17)18/h2-6,8-10,13-14H,7,11-12H2,1H3,(H,22,26). The van der Waals surface area contributed by atoms with Crippen LogP contribution in [0.2, 0.25) is 0 Å². The molecule has 0 aliphatic carbocycles. The number of pyridine rings is 1. The molecule has 4 rings (SSSR count). The molecule has 0 atom stereocenters. The van der Waals surface area contributed by atoms with Crippen molar-refractivity contribution in [3.05, 3.63) is 77.3 Å². The highest BCUT2D eigenvalue weighted by atomic mass is 32.1. The van der Waals surface area contributed by atoms with Crippen molar-refractivity contribution in [3.8, 4) is 10.6 Å². The summed E-state index contributed by atoms with van der Waals surface area (Å²) < 4.78 is 2.08. The van der Waals surface area contributed by atoms with Crippen molar-refractivity contribution < 1.29 is 4.79 Å². The molecule has 1 amide bonds. The van der Waals surface area contributed by atoms with Gasteiger partial charge in [-0.25, -0.2) is 9.97 Å². The molecule has 0 saturated heterocycles. The molecule has 1 aromatic carbocycles. The van der Waals surface area contributed by atoms with E-state index in [1.807, 2.05) is 67.8 Å². The van der Waals surface area contributed by atoms with E-state index in [-0.39, 0.29) is 5.91 Å². The van der Waals surface area contributed by atoms with Crippen molar-refractivity contribution in [2.75, 3.05) is 6.54 Å². The van der Waals surface area contributed by atoms with Gasteiger partial charge in [-0.3, -0.25) is 4.79 Å². The first-order valence-electron chi connectivity index (χ1n) is 8.94. The van der Waals surface area contributed by atoms with E-state index in [1.165, 1.54) is 11.3 Å². The second-order valence-electron chi connectivity index (χ2n) is 6.33. The fourth-order valence-electron chi connectivity index (χ4n) is 3.02. The molecule has 5 nitrogen and oxygen atoms in total. The molecule has 6 heteroatoms. The lowest BCUT2D eigenvalue weighted by molar-refractivity contribution is 0.0956. The SMILES string of the molecule is Cc1nc(-c2ccccc2)sc1C(=O)NCCCc1ncc2ccccn12. The number of carbonyl (C=O) groups is 1. The van der Waals surface area contributed by atoms with Crippen LogP contribution in [0.5, 0.6) is 0 Å². The summed E-state index contributed by atoms with van der Waals surface area (Å²) in [5.74, 6) is 0.959. The molecule has 4 aromatic rings. The first-order chi connectivity index (χ1) is 13.2. The van der Waals surface area contributed by atoms with Crippen molar-refractivity contribution in [2.24, 2.45) is 0 Å². The van der Waals surface area contributed by atoms with E-state index < -0.39 is 0 Å². The summed E-state index contributed by atoms with van der Waals surface area (Å²) in [6, 6.07) is 16.0. The lowest BCUT2D eigenvalue weighted by Crippen LogP contribution is -2.24. The molecule has 0 spiro atoms. The van der Waals surface area contributed by atoms with Crippen LogP contribution in [-0.4, -0.2) is 26.8 Å². The number of thiazole rings is 1. The third-order valence-electron chi connectivity index (χ3n) is 4.40. The number of amides is 1. The Balaban J connectivity index is 1.35. The maximum atomic E-state index is 12.5. The Labute approximate surface area is 161 Å². The Morgan fingerprint density at radius 1 is 1.15 bits per heavy atom. The first-order valence-corrected chi connectivity index (χ1v) is 9.76. The molecule has 0 aliphatic rings. The van der Waals surface area contributed by atoms with Gasteiger partial charge in [-0.15, -0.1) is 11.3 Å². The zero-order chi connectivity index (χ0) is 18.6. The summed E-state index contributed by atoms with van der Waals surface area (Å²) in [4.78, 5) is 22.2.